The van der Waals surface area contributed by atoms with Gasteiger partial charge in [0.25, 0.3) is 17.7 Å². The van der Waals surface area contributed by atoms with E-state index in [-0.39, 0.29) is 23.9 Å². The fourth-order valence-corrected chi connectivity index (χ4v) is 5.36. The van der Waals surface area contributed by atoms with Crippen molar-refractivity contribution in [2.45, 2.75) is 23.5 Å². The van der Waals surface area contributed by atoms with Gasteiger partial charge in [-0.05, 0) is 79.2 Å². The van der Waals surface area contributed by atoms with Crippen molar-refractivity contribution < 1.29 is 19.2 Å². The Hall–Kier alpha value is -5.19. The second-order valence-electron chi connectivity index (χ2n) is 9.93. The molecular formula is C34H28ClN5O4S. The average Bonchev–Trinajstić information content (AvgIpc) is 3.41. The molecule has 11 heteroatoms. The topological polar surface area (TPSA) is 120 Å². The summed E-state index contributed by atoms with van der Waals surface area (Å²) in [5.41, 5.74) is 2.20. The molecule has 9 nitrogen and oxygen atoms in total. The summed E-state index contributed by atoms with van der Waals surface area (Å²) in [7, 11) is 0. The third-order valence-corrected chi connectivity index (χ3v) is 7.87. The quantitative estimate of drug-likeness (QED) is 0.151. The molecule has 1 unspecified atom stereocenters. The van der Waals surface area contributed by atoms with Crippen LogP contribution < -0.4 is 21.0 Å². The number of carbonyl (C=O) groups is 4. The lowest BCUT2D eigenvalue weighted by Gasteiger charge is -2.13. The summed E-state index contributed by atoms with van der Waals surface area (Å²) in [6.45, 7) is 1.75. The van der Waals surface area contributed by atoms with Crippen molar-refractivity contribution in [1.29, 1.82) is 0 Å². The summed E-state index contributed by atoms with van der Waals surface area (Å²) >= 11 is 7.44. The number of amides is 4. The molecule has 0 bridgehead atoms. The maximum absolute atomic E-state index is 13.3. The monoisotopic (exact) mass is 637 g/mol. The number of halogens is 1. The summed E-state index contributed by atoms with van der Waals surface area (Å²) < 4.78 is 0. The van der Waals surface area contributed by atoms with Crippen molar-refractivity contribution in [3.8, 4) is 0 Å². The van der Waals surface area contributed by atoms with E-state index in [4.69, 9.17) is 11.6 Å². The summed E-state index contributed by atoms with van der Waals surface area (Å²) in [6.07, 6.45) is 1.56. The van der Waals surface area contributed by atoms with Crippen molar-refractivity contribution in [1.82, 2.24) is 10.6 Å². The maximum Gasteiger partial charge on any atom is 0.272 e. The number of nitrogens with zero attached hydrogens (tertiary/aromatic N) is 2. The lowest BCUT2D eigenvalue weighted by Crippen LogP contribution is -2.35. The summed E-state index contributed by atoms with van der Waals surface area (Å²) in [4.78, 5) is 52.2. The lowest BCUT2D eigenvalue weighted by molar-refractivity contribution is -0.119. The standard InChI is InChI=1S/C34H28ClN5O4S/c1-22(32(42)38-30-21-31(41)40(39-30)27-13-6-3-7-14-27)45-28-17-15-26(16-18-28)36-34(44)29(20-23-9-8-12-25(35)19-23)37-33(43)24-10-4-2-5-11-24/h2-20,22H,21H2,1H3,(H,36,44)(H,37,43)(H,38,39,42)/b29-20-. The van der Waals surface area contributed by atoms with E-state index >= 15 is 0 Å². The third kappa shape index (κ3) is 8.47. The molecule has 1 atom stereocenters. The molecule has 1 heterocycles. The number of hydrazone groups is 1. The maximum atomic E-state index is 13.3. The van der Waals surface area contributed by atoms with Crippen molar-refractivity contribution in [2.24, 2.45) is 5.10 Å². The normalized spacial score (nSPS) is 13.6. The van der Waals surface area contributed by atoms with E-state index in [9.17, 15) is 19.2 Å². The highest BCUT2D eigenvalue weighted by atomic mass is 35.5. The van der Waals surface area contributed by atoms with Gasteiger partial charge in [-0.2, -0.15) is 10.1 Å². The minimum Gasteiger partial charge on any atom is -0.321 e. The van der Waals surface area contributed by atoms with Crippen LogP contribution in [0.1, 0.15) is 29.3 Å². The van der Waals surface area contributed by atoms with Crippen LogP contribution in [0.3, 0.4) is 0 Å². The van der Waals surface area contributed by atoms with Gasteiger partial charge in [0.15, 0.2) is 0 Å². The van der Waals surface area contributed by atoms with Crippen molar-refractivity contribution in [3.63, 3.8) is 0 Å². The Morgan fingerprint density at radius 1 is 0.889 bits per heavy atom. The molecule has 1 aliphatic rings. The van der Waals surface area contributed by atoms with Crippen LogP contribution in [0, 0.1) is 0 Å². The summed E-state index contributed by atoms with van der Waals surface area (Å²) in [5.74, 6) is -1.17. The van der Waals surface area contributed by atoms with Gasteiger partial charge in [-0.15, -0.1) is 11.8 Å². The highest BCUT2D eigenvalue weighted by Gasteiger charge is 2.27. The third-order valence-electron chi connectivity index (χ3n) is 6.53. The molecule has 4 aromatic rings. The SMILES string of the molecule is CC(Sc1ccc(NC(=O)/C(=C/c2cccc(Cl)c2)NC(=O)c2ccccc2)cc1)C(=O)NC1=NN(c2ccccc2)C(=O)C1. The van der Waals surface area contributed by atoms with Crippen molar-refractivity contribution >= 4 is 70.3 Å². The van der Waals surface area contributed by atoms with Crippen LogP contribution in [-0.4, -0.2) is 34.7 Å². The molecule has 0 spiro atoms. The summed E-state index contributed by atoms with van der Waals surface area (Å²) in [6, 6.07) is 31.5. The Balaban J connectivity index is 1.21. The predicted octanol–water partition coefficient (Wildman–Crippen LogP) is 6.10. The molecule has 0 aromatic heterocycles. The molecular weight excluding hydrogens is 610 g/mol. The number of carbonyl (C=O) groups excluding carboxylic acids is 4. The van der Waals surface area contributed by atoms with E-state index in [1.54, 1.807) is 104 Å². The molecule has 5 rings (SSSR count). The van der Waals surface area contributed by atoms with Gasteiger partial charge in [0.2, 0.25) is 5.91 Å². The molecule has 45 heavy (non-hydrogen) atoms. The largest absolute Gasteiger partial charge is 0.321 e. The molecule has 4 amide bonds. The van der Waals surface area contributed by atoms with Gasteiger partial charge in [0, 0.05) is 21.2 Å². The number of benzene rings is 4. The van der Waals surface area contributed by atoms with Gasteiger partial charge in [0.05, 0.1) is 17.4 Å². The second-order valence-corrected chi connectivity index (χ2v) is 11.8. The van der Waals surface area contributed by atoms with E-state index in [0.717, 1.165) is 4.90 Å². The average molecular weight is 638 g/mol. The summed E-state index contributed by atoms with van der Waals surface area (Å²) in [5, 5.41) is 13.8. The second kappa shape index (κ2) is 14.5. The fraction of sp³-hybridized carbons (Fsp3) is 0.0882. The highest BCUT2D eigenvalue weighted by molar-refractivity contribution is 8.00. The number of amidine groups is 1. The Bertz CT molecular complexity index is 1780. The Morgan fingerprint density at radius 2 is 1.58 bits per heavy atom. The van der Waals surface area contributed by atoms with Gasteiger partial charge < -0.3 is 16.0 Å². The molecule has 4 aromatic carbocycles. The molecule has 0 fully saturated rings. The van der Waals surface area contributed by atoms with Crippen LogP contribution >= 0.6 is 23.4 Å². The molecule has 0 aliphatic carbocycles. The number of hydrogen-bond donors (Lipinski definition) is 3. The van der Waals surface area contributed by atoms with E-state index in [2.05, 4.69) is 21.1 Å². The first-order chi connectivity index (χ1) is 21.7. The van der Waals surface area contributed by atoms with Gasteiger partial charge >= 0.3 is 0 Å². The smallest absolute Gasteiger partial charge is 0.272 e. The van der Waals surface area contributed by atoms with Crippen LogP contribution in [0.4, 0.5) is 11.4 Å². The minimum absolute atomic E-state index is 0.00592. The molecule has 0 saturated heterocycles. The molecule has 3 N–H and O–H groups in total. The number of para-hydroxylation sites is 1. The van der Waals surface area contributed by atoms with Gasteiger partial charge in [-0.1, -0.05) is 60.1 Å². The van der Waals surface area contributed by atoms with Crippen LogP contribution in [0.2, 0.25) is 5.02 Å². The molecule has 0 radical (unpaired) electrons. The van der Waals surface area contributed by atoms with Gasteiger partial charge in [0.1, 0.15) is 11.5 Å². The van der Waals surface area contributed by atoms with Crippen LogP contribution in [0.25, 0.3) is 6.08 Å². The lowest BCUT2D eigenvalue weighted by atomic mass is 10.1. The molecule has 226 valence electrons. The molecule has 1 aliphatic heterocycles. The predicted molar refractivity (Wildman–Crippen MR) is 178 cm³/mol. The van der Waals surface area contributed by atoms with Gasteiger partial charge in [-0.25, -0.2) is 0 Å². The van der Waals surface area contributed by atoms with Crippen LogP contribution in [0.15, 0.2) is 125 Å². The number of anilines is 2. The van der Waals surface area contributed by atoms with Crippen LogP contribution in [0.5, 0.6) is 0 Å². The highest BCUT2D eigenvalue weighted by Crippen LogP contribution is 2.26. The Morgan fingerprint density at radius 3 is 2.27 bits per heavy atom. The number of rotatable bonds is 9. The first-order valence-corrected chi connectivity index (χ1v) is 15.2. The van der Waals surface area contributed by atoms with E-state index < -0.39 is 17.1 Å². The van der Waals surface area contributed by atoms with Crippen LogP contribution in [-0.2, 0) is 14.4 Å². The zero-order chi connectivity index (χ0) is 31.8. The van der Waals surface area contributed by atoms with E-state index in [0.29, 0.717) is 33.4 Å². The van der Waals surface area contributed by atoms with Crippen molar-refractivity contribution in [2.75, 3.05) is 10.3 Å². The van der Waals surface area contributed by atoms with Crippen molar-refractivity contribution in [3.05, 3.63) is 131 Å². The number of hydrogen-bond acceptors (Lipinski definition) is 6. The Kier molecular flexibility index (Phi) is 10.1. The Labute approximate surface area is 269 Å². The number of thioether (sulfide) groups is 1. The minimum atomic E-state index is -0.524. The zero-order valence-corrected chi connectivity index (χ0v) is 25.6. The number of nitrogens with one attached hydrogen (secondary N) is 3. The fourth-order valence-electron chi connectivity index (χ4n) is 4.29. The first-order valence-electron chi connectivity index (χ1n) is 13.9. The molecule has 0 saturated carbocycles. The van der Waals surface area contributed by atoms with Gasteiger partial charge in [-0.3, -0.25) is 19.2 Å². The first kappa shape index (κ1) is 31.2. The van der Waals surface area contributed by atoms with E-state index in [1.165, 1.54) is 16.8 Å². The zero-order valence-electron chi connectivity index (χ0n) is 24.1. The van der Waals surface area contributed by atoms with E-state index in [1.807, 2.05) is 18.2 Å².